The van der Waals surface area contributed by atoms with Gasteiger partial charge in [0.05, 0.1) is 12.8 Å². The van der Waals surface area contributed by atoms with E-state index in [0.29, 0.717) is 18.0 Å². The average Bonchev–Trinajstić information content (AvgIpc) is 2.54. The van der Waals surface area contributed by atoms with E-state index in [1.54, 1.807) is 19.2 Å². The number of nitrogen functional groups attached to an aromatic ring is 1. The van der Waals surface area contributed by atoms with Crippen molar-refractivity contribution in [2.75, 3.05) is 12.8 Å². The molecule has 3 heteroatoms. The Morgan fingerprint density at radius 2 is 1.76 bits per heavy atom. The van der Waals surface area contributed by atoms with Crippen molar-refractivity contribution in [1.82, 2.24) is 0 Å². The predicted octanol–water partition coefficient (Wildman–Crippen LogP) is 4.01. The van der Waals surface area contributed by atoms with Gasteiger partial charge in [-0.15, -0.1) is 0 Å². The Bertz CT molecular complexity index is 763. The van der Waals surface area contributed by atoms with E-state index in [2.05, 4.69) is 24.3 Å². The number of nitrogens with two attached hydrogens (primary N) is 1. The lowest BCUT2D eigenvalue weighted by molar-refractivity contribution is 0.307. The molecule has 3 rings (SSSR count). The third-order valence-electron chi connectivity index (χ3n) is 3.48. The van der Waals surface area contributed by atoms with Gasteiger partial charge in [-0.25, -0.2) is 0 Å². The van der Waals surface area contributed by atoms with Gasteiger partial charge in [-0.1, -0.05) is 42.5 Å². The van der Waals surface area contributed by atoms with Crippen LogP contribution in [0.1, 0.15) is 5.56 Å². The van der Waals surface area contributed by atoms with Crippen LogP contribution >= 0.6 is 0 Å². The van der Waals surface area contributed by atoms with Crippen LogP contribution in [0, 0.1) is 0 Å². The summed E-state index contributed by atoms with van der Waals surface area (Å²) in [6.07, 6.45) is 0. The molecule has 3 aromatic rings. The van der Waals surface area contributed by atoms with Crippen LogP contribution in [0.2, 0.25) is 0 Å². The number of anilines is 1. The van der Waals surface area contributed by atoms with Crippen molar-refractivity contribution in [3.8, 4) is 11.5 Å². The summed E-state index contributed by atoms with van der Waals surface area (Å²) in [4.78, 5) is 0. The number of ether oxygens (including phenoxy) is 2. The standard InChI is InChI=1S/C18H17NO2/c1-20-15-9-10-17(19)18(11-15)21-12-14-7-4-6-13-5-2-3-8-16(13)14/h2-11H,12,19H2,1H3. The molecule has 0 aromatic heterocycles. The Morgan fingerprint density at radius 3 is 2.62 bits per heavy atom. The molecule has 0 aliphatic carbocycles. The van der Waals surface area contributed by atoms with Gasteiger partial charge in [0.2, 0.25) is 0 Å². The van der Waals surface area contributed by atoms with Crippen LogP contribution in [0.5, 0.6) is 11.5 Å². The molecule has 3 aromatic carbocycles. The van der Waals surface area contributed by atoms with Crippen molar-refractivity contribution in [2.24, 2.45) is 0 Å². The van der Waals surface area contributed by atoms with Crippen LogP contribution in [0.25, 0.3) is 10.8 Å². The van der Waals surface area contributed by atoms with Crippen molar-refractivity contribution in [3.63, 3.8) is 0 Å². The van der Waals surface area contributed by atoms with Gasteiger partial charge in [0.15, 0.2) is 0 Å². The second-order valence-electron chi connectivity index (χ2n) is 4.83. The van der Waals surface area contributed by atoms with E-state index in [4.69, 9.17) is 15.2 Å². The molecule has 0 aliphatic heterocycles. The zero-order valence-electron chi connectivity index (χ0n) is 11.9. The molecule has 106 valence electrons. The summed E-state index contributed by atoms with van der Waals surface area (Å²) >= 11 is 0. The van der Waals surface area contributed by atoms with E-state index in [-0.39, 0.29) is 0 Å². The minimum Gasteiger partial charge on any atom is -0.497 e. The third kappa shape index (κ3) is 2.77. The predicted molar refractivity (Wildman–Crippen MR) is 85.7 cm³/mol. The molecule has 0 fully saturated rings. The van der Waals surface area contributed by atoms with Crippen LogP contribution < -0.4 is 15.2 Å². The van der Waals surface area contributed by atoms with Crippen molar-refractivity contribution in [2.45, 2.75) is 6.61 Å². The van der Waals surface area contributed by atoms with Crippen molar-refractivity contribution in [1.29, 1.82) is 0 Å². The maximum atomic E-state index is 5.94. The van der Waals surface area contributed by atoms with Gasteiger partial charge < -0.3 is 15.2 Å². The molecule has 0 heterocycles. The average molecular weight is 279 g/mol. The number of hydrogen-bond acceptors (Lipinski definition) is 3. The highest BCUT2D eigenvalue weighted by Crippen LogP contribution is 2.28. The minimum atomic E-state index is 0.471. The fourth-order valence-corrected chi connectivity index (χ4v) is 2.34. The lowest BCUT2D eigenvalue weighted by Crippen LogP contribution is -2.00. The quantitative estimate of drug-likeness (QED) is 0.734. The van der Waals surface area contributed by atoms with E-state index in [1.165, 1.54) is 10.8 Å². The fraction of sp³-hybridized carbons (Fsp3) is 0.111. The summed E-state index contributed by atoms with van der Waals surface area (Å²) in [6.45, 7) is 0.471. The number of benzene rings is 3. The fourth-order valence-electron chi connectivity index (χ4n) is 2.34. The second kappa shape index (κ2) is 5.75. The van der Waals surface area contributed by atoms with Gasteiger partial charge in [0.1, 0.15) is 18.1 Å². The highest BCUT2D eigenvalue weighted by Gasteiger charge is 2.05. The lowest BCUT2D eigenvalue weighted by Gasteiger charge is -2.12. The van der Waals surface area contributed by atoms with Gasteiger partial charge in [-0.05, 0) is 28.5 Å². The van der Waals surface area contributed by atoms with E-state index in [9.17, 15) is 0 Å². The first-order valence-electron chi connectivity index (χ1n) is 6.81. The number of hydrogen-bond donors (Lipinski definition) is 1. The molecule has 21 heavy (non-hydrogen) atoms. The lowest BCUT2D eigenvalue weighted by atomic mass is 10.1. The van der Waals surface area contributed by atoms with Crippen molar-refractivity contribution in [3.05, 3.63) is 66.2 Å². The Balaban J connectivity index is 1.87. The first kappa shape index (κ1) is 13.3. The highest BCUT2D eigenvalue weighted by molar-refractivity contribution is 5.85. The molecule has 0 bridgehead atoms. The van der Waals surface area contributed by atoms with Crippen molar-refractivity contribution < 1.29 is 9.47 Å². The van der Waals surface area contributed by atoms with Crippen LogP contribution in [0.4, 0.5) is 5.69 Å². The normalized spacial score (nSPS) is 10.5. The molecule has 0 spiro atoms. The van der Waals surface area contributed by atoms with E-state index < -0.39 is 0 Å². The molecule has 0 atom stereocenters. The van der Waals surface area contributed by atoms with Crippen LogP contribution in [0.3, 0.4) is 0 Å². The largest absolute Gasteiger partial charge is 0.497 e. The minimum absolute atomic E-state index is 0.471. The highest BCUT2D eigenvalue weighted by atomic mass is 16.5. The third-order valence-corrected chi connectivity index (χ3v) is 3.48. The topological polar surface area (TPSA) is 44.5 Å². The van der Waals surface area contributed by atoms with Gasteiger partial charge in [0.25, 0.3) is 0 Å². The second-order valence-corrected chi connectivity index (χ2v) is 4.83. The van der Waals surface area contributed by atoms with Crippen LogP contribution in [0.15, 0.2) is 60.7 Å². The Labute approximate surface area is 123 Å². The molecule has 0 amide bonds. The molecule has 0 saturated carbocycles. The summed E-state index contributed by atoms with van der Waals surface area (Å²) in [5.74, 6) is 1.37. The molecule has 0 aliphatic rings. The molecule has 3 nitrogen and oxygen atoms in total. The summed E-state index contributed by atoms with van der Waals surface area (Å²) in [5.41, 5.74) is 7.68. The van der Waals surface area contributed by atoms with Gasteiger partial charge in [-0.2, -0.15) is 0 Å². The molecule has 0 unspecified atom stereocenters. The molecule has 0 radical (unpaired) electrons. The monoisotopic (exact) mass is 279 g/mol. The summed E-state index contributed by atoms with van der Waals surface area (Å²) in [5, 5.41) is 2.40. The van der Waals surface area contributed by atoms with Crippen LogP contribution in [-0.2, 0) is 6.61 Å². The van der Waals surface area contributed by atoms with E-state index >= 15 is 0 Å². The first-order chi connectivity index (χ1) is 10.3. The van der Waals surface area contributed by atoms with E-state index in [1.807, 2.05) is 24.3 Å². The van der Waals surface area contributed by atoms with Crippen molar-refractivity contribution >= 4 is 16.5 Å². The number of rotatable bonds is 4. The number of fused-ring (bicyclic) bond motifs is 1. The van der Waals surface area contributed by atoms with Gasteiger partial charge in [0, 0.05) is 6.07 Å². The summed E-state index contributed by atoms with van der Waals surface area (Å²) in [7, 11) is 1.63. The smallest absolute Gasteiger partial charge is 0.146 e. The van der Waals surface area contributed by atoms with E-state index in [0.717, 1.165) is 11.3 Å². The Morgan fingerprint density at radius 1 is 0.952 bits per heavy atom. The van der Waals surface area contributed by atoms with Gasteiger partial charge in [-0.3, -0.25) is 0 Å². The number of methoxy groups -OCH3 is 1. The first-order valence-corrected chi connectivity index (χ1v) is 6.81. The maximum absolute atomic E-state index is 5.94. The molecular weight excluding hydrogens is 262 g/mol. The zero-order valence-corrected chi connectivity index (χ0v) is 11.9. The molecular formula is C18H17NO2. The summed E-state index contributed by atoms with van der Waals surface area (Å²) < 4.78 is 11.1. The zero-order chi connectivity index (χ0) is 14.7. The molecule has 2 N–H and O–H groups in total. The molecule has 0 saturated heterocycles. The van der Waals surface area contributed by atoms with Crippen LogP contribution in [-0.4, -0.2) is 7.11 Å². The SMILES string of the molecule is COc1ccc(N)c(OCc2cccc3ccccc23)c1. The maximum Gasteiger partial charge on any atom is 0.146 e. The Hall–Kier alpha value is -2.68. The summed E-state index contributed by atoms with van der Waals surface area (Å²) in [6, 6.07) is 19.9. The van der Waals surface area contributed by atoms with Gasteiger partial charge >= 0.3 is 0 Å². The Kier molecular flexibility index (Phi) is 3.65.